The largest absolute Gasteiger partial charge is 0.355 e. The van der Waals surface area contributed by atoms with E-state index in [0.717, 1.165) is 44.8 Å². The third kappa shape index (κ3) is 6.21. The number of benzene rings is 3. The Morgan fingerprint density at radius 3 is 1.14 bits per heavy atom. The van der Waals surface area contributed by atoms with Gasteiger partial charge in [-0.3, -0.25) is 0 Å². The molecular formula is C38H29N5. The molecule has 0 saturated carbocycles. The fourth-order valence-corrected chi connectivity index (χ4v) is 5.13. The van der Waals surface area contributed by atoms with Gasteiger partial charge in [0.2, 0.25) is 0 Å². The first-order valence-electron chi connectivity index (χ1n) is 14.3. The van der Waals surface area contributed by atoms with Gasteiger partial charge in [0.25, 0.3) is 0 Å². The van der Waals surface area contributed by atoms with Gasteiger partial charge in [-0.15, -0.1) is 0 Å². The average molecular weight is 556 g/mol. The summed E-state index contributed by atoms with van der Waals surface area (Å²) in [6.07, 6.45) is 8.05. The van der Waals surface area contributed by atoms with Crippen molar-refractivity contribution in [2.24, 2.45) is 0 Å². The third-order valence-corrected chi connectivity index (χ3v) is 7.12. The summed E-state index contributed by atoms with van der Waals surface area (Å²) in [6, 6.07) is 45.2. The molecule has 0 aliphatic carbocycles. The maximum Gasteiger partial charge on any atom is 0.0659 e. The summed E-state index contributed by atoms with van der Waals surface area (Å²) in [7, 11) is 0. The molecule has 0 amide bonds. The quantitative estimate of drug-likeness (QED) is 0.174. The fraction of sp³-hybridized carbons (Fsp3) is 0. The Bertz CT molecular complexity index is 2080. The van der Waals surface area contributed by atoms with Gasteiger partial charge < -0.3 is 15.0 Å². The van der Waals surface area contributed by atoms with Crippen molar-refractivity contribution in [2.45, 2.75) is 0 Å². The number of H-pyrrole nitrogens is 3. The average Bonchev–Trinajstić information content (AvgIpc) is 3.88. The highest BCUT2D eigenvalue weighted by Crippen LogP contribution is 2.24. The summed E-state index contributed by atoms with van der Waals surface area (Å²) >= 11 is 0. The molecule has 7 aromatic rings. The summed E-state index contributed by atoms with van der Waals surface area (Å²) < 4.78 is 0. The van der Waals surface area contributed by atoms with Crippen molar-refractivity contribution in [1.29, 1.82) is 0 Å². The number of nitrogens with zero attached hydrogens (tertiary/aromatic N) is 2. The van der Waals surface area contributed by atoms with E-state index in [0.29, 0.717) is 0 Å². The highest BCUT2D eigenvalue weighted by Gasteiger charge is 2.03. The van der Waals surface area contributed by atoms with Crippen LogP contribution in [-0.2, 0) is 0 Å². The number of fused-ring (bicyclic) bond motifs is 11. The molecular weight excluding hydrogens is 526 g/mol. The van der Waals surface area contributed by atoms with E-state index in [1.165, 1.54) is 21.8 Å². The van der Waals surface area contributed by atoms with Crippen molar-refractivity contribution >= 4 is 68.2 Å². The van der Waals surface area contributed by atoms with Crippen LogP contribution in [0.2, 0.25) is 0 Å². The standard InChI is InChI=1S/C20H14N4.C12H9N.C6H6/c1-2-14-10-16-5-6-18(23-16)12-20-8-7-19(24-20)11-17-4-3-15(22-17)9-13(1)21-14;1-3-7-11-9(5-1)10-6-2-4-8-12(10)13-11;1-2-4-6-5-3-1/h1-12,21-22H;1-8,13H;1-6H. The highest BCUT2D eigenvalue weighted by atomic mass is 14.8. The molecule has 8 bridgehead atoms. The van der Waals surface area contributed by atoms with Crippen molar-refractivity contribution in [1.82, 2.24) is 24.9 Å². The van der Waals surface area contributed by atoms with E-state index in [2.05, 4.69) is 104 Å². The lowest BCUT2D eigenvalue weighted by Gasteiger charge is -1.87. The van der Waals surface area contributed by atoms with Crippen LogP contribution < -0.4 is 0 Å². The molecule has 4 aromatic heterocycles. The van der Waals surface area contributed by atoms with Crippen LogP contribution in [0, 0.1) is 0 Å². The molecule has 3 N–H and O–H groups in total. The normalized spacial score (nSPS) is 11.5. The SMILES string of the molecule is C1=Cc2cc3ccc(cc4ccc(cc5nc(cc1n2)C=C5)[nH]4)[nH]3.c1ccc2c(c1)[nH]c1ccccc12.c1ccccc1. The monoisotopic (exact) mass is 555 g/mol. The van der Waals surface area contributed by atoms with Gasteiger partial charge in [-0.1, -0.05) is 72.8 Å². The lowest BCUT2D eigenvalue weighted by atomic mass is 10.2. The molecule has 2 aliphatic heterocycles. The molecule has 0 atom stereocenters. The third-order valence-electron chi connectivity index (χ3n) is 7.12. The number of hydrogen-bond acceptors (Lipinski definition) is 2. The second-order valence-corrected chi connectivity index (χ2v) is 10.3. The molecule has 2 aliphatic rings. The van der Waals surface area contributed by atoms with Crippen LogP contribution in [-0.4, -0.2) is 24.9 Å². The first-order chi connectivity index (χ1) is 21.2. The topological polar surface area (TPSA) is 73.2 Å². The van der Waals surface area contributed by atoms with E-state index < -0.39 is 0 Å². The summed E-state index contributed by atoms with van der Waals surface area (Å²) in [5.41, 5.74) is 10.3. The highest BCUT2D eigenvalue weighted by molar-refractivity contribution is 6.07. The Morgan fingerprint density at radius 2 is 0.698 bits per heavy atom. The zero-order chi connectivity index (χ0) is 28.8. The zero-order valence-electron chi connectivity index (χ0n) is 23.4. The Morgan fingerprint density at radius 1 is 0.326 bits per heavy atom. The van der Waals surface area contributed by atoms with Gasteiger partial charge in [0, 0.05) is 43.9 Å². The zero-order valence-corrected chi connectivity index (χ0v) is 23.4. The lowest BCUT2D eigenvalue weighted by Crippen LogP contribution is -1.77. The van der Waals surface area contributed by atoms with Gasteiger partial charge in [0.15, 0.2) is 0 Å². The number of nitrogens with one attached hydrogen (secondary N) is 3. The Kier molecular flexibility index (Phi) is 7.19. The van der Waals surface area contributed by atoms with E-state index in [-0.39, 0.29) is 0 Å². The van der Waals surface area contributed by atoms with Gasteiger partial charge in [-0.2, -0.15) is 0 Å². The molecule has 5 heteroatoms. The molecule has 0 fully saturated rings. The maximum absolute atomic E-state index is 4.62. The summed E-state index contributed by atoms with van der Waals surface area (Å²) in [5, 5.41) is 2.61. The van der Waals surface area contributed by atoms with Gasteiger partial charge in [0.1, 0.15) is 0 Å². The minimum absolute atomic E-state index is 0.915. The number of rotatable bonds is 0. The second kappa shape index (κ2) is 11.9. The Labute approximate surface area is 249 Å². The predicted octanol–water partition coefficient (Wildman–Crippen LogP) is 9.66. The van der Waals surface area contributed by atoms with Crippen molar-refractivity contribution < 1.29 is 0 Å². The minimum Gasteiger partial charge on any atom is -0.355 e. The van der Waals surface area contributed by atoms with Gasteiger partial charge >= 0.3 is 0 Å². The van der Waals surface area contributed by atoms with Gasteiger partial charge in [-0.05, 0) is 85.0 Å². The Balaban J connectivity index is 0.000000131. The summed E-state index contributed by atoms with van der Waals surface area (Å²) in [6.45, 7) is 0. The summed E-state index contributed by atoms with van der Waals surface area (Å²) in [5.74, 6) is 0. The Hall–Kier alpha value is -5.94. The van der Waals surface area contributed by atoms with E-state index in [1.807, 2.05) is 78.9 Å². The van der Waals surface area contributed by atoms with Crippen molar-refractivity contribution in [3.8, 4) is 0 Å². The van der Waals surface area contributed by atoms with Crippen LogP contribution in [0.3, 0.4) is 0 Å². The van der Waals surface area contributed by atoms with Crippen molar-refractivity contribution in [3.63, 3.8) is 0 Å². The second-order valence-electron chi connectivity index (χ2n) is 10.3. The van der Waals surface area contributed by atoms with E-state index >= 15 is 0 Å². The summed E-state index contributed by atoms with van der Waals surface area (Å²) in [4.78, 5) is 19.4. The molecule has 5 nitrogen and oxygen atoms in total. The molecule has 0 unspecified atom stereocenters. The van der Waals surface area contributed by atoms with Crippen LogP contribution in [0.5, 0.6) is 0 Å². The molecule has 0 saturated heterocycles. The first kappa shape index (κ1) is 26.0. The van der Waals surface area contributed by atoms with Crippen LogP contribution in [0.15, 0.2) is 133 Å². The number of aromatic nitrogens is 5. The molecule has 206 valence electrons. The van der Waals surface area contributed by atoms with Crippen LogP contribution in [0.4, 0.5) is 0 Å². The van der Waals surface area contributed by atoms with Gasteiger partial charge in [-0.25, -0.2) is 9.97 Å². The van der Waals surface area contributed by atoms with Gasteiger partial charge in [0.05, 0.1) is 22.8 Å². The molecule has 43 heavy (non-hydrogen) atoms. The molecule has 9 rings (SSSR count). The van der Waals surface area contributed by atoms with E-state index in [1.54, 1.807) is 0 Å². The van der Waals surface area contributed by atoms with Crippen molar-refractivity contribution in [2.75, 3.05) is 0 Å². The predicted molar refractivity (Wildman–Crippen MR) is 181 cm³/mol. The van der Waals surface area contributed by atoms with Crippen LogP contribution >= 0.6 is 0 Å². The van der Waals surface area contributed by atoms with E-state index in [4.69, 9.17) is 0 Å². The number of para-hydroxylation sites is 2. The molecule has 6 heterocycles. The van der Waals surface area contributed by atoms with E-state index in [9.17, 15) is 0 Å². The molecule has 0 radical (unpaired) electrons. The first-order valence-corrected chi connectivity index (χ1v) is 14.3. The molecule has 0 spiro atoms. The lowest BCUT2D eigenvalue weighted by molar-refractivity contribution is 1.28. The fourth-order valence-electron chi connectivity index (χ4n) is 5.13. The maximum atomic E-state index is 4.62. The van der Waals surface area contributed by atoms with Crippen LogP contribution in [0.25, 0.3) is 68.2 Å². The smallest absolute Gasteiger partial charge is 0.0659 e. The van der Waals surface area contributed by atoms with Crippen molar-refractivity contribution in [3.05, 3.63) is 156 Å². The minimum atomic E-state index is 0.915. The molecule has 3 aromatic carbocycles. The number of aromatic amines is 3. The number of hydrogen-bond donors (Lipinski definition) is 3. The van der Waals surface area contributed by atoms with Crippen LogP contribution in [0.1, 0.15) is 22.8 Å².